The van der Waals surface area contributed by atoms with Gasteiger partial charge in [-0.2, -0.15) is 0 Å². The van der Waals surface area contributed by atoms with E-state index in [4.69, 9.17) is 5.73 Å². The van der Waals surface area contributed by atoms with E-state index in [9.17, 15) is 0 Å². The Hall–Kier alpha value is -0.0800. The summed E-state index contributed by atoms with van der Waals surface area (Å²) in [5.74, 6) is 2.34. The van der Waals surface area contributed by atoms with E-state index in [0.29, 0.717) is 12.1 Å². The summed E-state index contributed by atoms with van der Waals surface area (Å²) in [6, 6.07) is 0.964. The summed E-state index contributed by atoms with van der Waals surface area (Å²) < 4.78 is 0. The van der Waals surface area contributed by atoms with Crippen LogP contribution in [0.2, 0.25) is 0 Å². The van der Waals surface area contributed by atoms with E-state index < -0.39 is 0 Å². The Morgan fingerprint density at radius 3 is 2.38 bits per heavy atom. The van der Waals surface area contributed by atoms with Crippen molar-refractivity contribution in [1.29, 1.82) is 0 Å². The minimum atomic E-state index is 0.371. The Morgan fingerprint density at radius 2 is 1.88 bits per heavy atom. The Labute approximate surface area is 102 Å². The molecule has 1 saturated carbocycles. The average molecular weight is 226 g/mol. The lowest BCUT2D eigenvalue weighted by atomic mass is 9.76. The first kappa shape index (κ1) is 14.0. The fraction of sp³-hybridized carbons (Fsp3) is 1.00. The summed E-state index contributed by atoms with van der Waals surface area (Å²) in [5, 5.41) is 0. The van der Waals surface area contributed by atoms with Crippen molar-refractivity contribution in [2.75, 3.05) is 13.6 Å². The number of nitrogens with two attached hydrogens (primary N) is 1. The zero-order valence-electron chi connectivity index (χ0n) is 11.7. The molecule has 0 radical (unpaired) electrons. The zero-order valence-corrected chi connectivity index (χ0v) is 11.7. The number of nitrogens with zero attached hydrogens (tertiary/aromatic N) is 1. The van der Waals surface area contributed by atoms with Crippen LogP contribution in [-0.4, -0.2) is 30.6 Å². The first-order chi connectivity index (χ1) is 7.41. The lowest BCUT2D eigenvalue weighted by Crippen LogP contribution is -2.53. The van der Waals surface area contributed by atoms with Crippen molar-refractivity contribution in [2.45, 2.75) is 59.0 Å². The third-order valence-electron chi connectivity index (χ3n) is 4.04. The van der Waals surface area contributed by atoms with Crippen LogP contribution in [0.5, 0.6) is 0 Å². The second kappa shape index (κ2) is 6.02. The smallest absolute Gasteiger partial charge is 0.0269 e. The highest BCUT2D eigenvalue weighted by atomic mass is 15.2. The molecule has 0 amide bonds. The molecule has 2 nitrogen and oxygen atoms in total. The van der Waals surface area contributed by atoms with Gasteiger partial charge in [0.2, 0.25) is 0 Å². The second-order valence-corrected chi connectivity index (χ2v) is 6.37. The van der Waals surface area contributed by atoms with Gasteiger partial charge in [-0.05, 0) is 50.6 Å². The largest absolute Gasteiger partial charge is 0.326 e. The minimum Gasteiger partial charge on any atom is -0.326 e. The van der Waals surface area contributed by atoms with Gasteiger partial charge >= 0.3 is 0 Å². The van der Waals surface area contributed by atoms with Crippen molar-refractivity contribution in [2.24, 2.45) is 23.5 Å². The van der Waals surface area contributed by atoms with Gasteiger partial charge in [0.05, 0.1) is 0 Å². The molecule has 1 aliphatic rings. The molecule has 2 N–H and O–H groups in total. The molecule has 1 rings (SSSR count). The molecule has 0 heterocycles. The molecule has 16 heavy (non-hydrogen) atoms. The van der Waals surface area contributed by atoms with Gasteiger partial charge in [0.25, 0.3) is 0 Å². The van der Waals surface area contributed by atoms with Crippen LogP contribution in [0.25, 0.3) is 0 Å². The predicted molar refractivity (Wildman–Crippen MR) is 71.4 cm³/mol. The third-order valence-corrected chi connectivity index (χ3v) is 4.04. The van der Waals surface area contributed by atoms with Crippen LogP contribution in [0.4, 0.5) is 0 Å². The fourth-order valence-electron chi connectivity index (χ4n) is 3.27. The van der Waals surface area contributed by atoms with Crippen LogP contribution in [0.1, 0.15) is 47.0 Å². The molecule has 2 heteroatoms. The highest BCUT2D eigenvalue weighted by Gasteiger charge is 2.33. The zero-order chi connectivity index (χ0) is 12.3. The SMILES string of the molecule is CC(C)CCN(C)C1C(C)CC(C)CC1N. The van der Waals surface area contributed by atoms with Gasteiger partial charge in [-0.25, -0.2) is 0 Å². The van der Waals surface area contributed by atoms with E-state index in [-0.39, 0.29) is 0 Å². The topological polar surface area (TPSA) is 29.3 Å². The summed E-state index contributed by atoms with van der Waals surface area (Å²) in [6.45, 7) is 10.5. The first-order valence-electron chi connectivity index (χ1n) is 6.87. The summed E-state index contributed by atoms with van der Waals surface area (Å²) in [4.78, 5) is 2.50. The van der Waals surface area contributed by atoms with Crippen LogP contribution in [0.15, 0.2) is 0 Å². The maximum absolute atomic E-state index is 6.33. The molecular formula is C14H30N2. The quantitative estimate of drug-likeness (QED) is 0.798. The van der Waals surface area contributed by atoms with Crippen molar-refractivity contribution in [3.63, 3.8) is 0 Å². The fourth-order valence-corrected chi connectivity index (χ4v) is 3.27. The maximum Gasteiger partial charge on any atom is 0.0269 e. The second-order valence-electron chi connectivity index (χ2n) is 6.37. The molecule has 1 aliphatic carbocycles. The Kier molecular flexibility index (Phi) is 5.26. The molecule has 4 atom stereocenters. The van der Waals surface area contributed by atoms with Crippen molar-refractivity contribution < 1.29 is 0 Å². The molecule has 0 aromatic carbocycles. The molecule has 96 valence electrons. The summed E-state index contributed by atoms with van der Waals surface area (Å²) in [6.07, 6.45) is 3.81. The van der Waals surface area contributed by atoms with Crippen molar-refractivity contribution in [1.82, 2.24) is 4.90 Å². The summed E-state index contributed by atoms with van der Waals surface area (Å²) >= 11 is 0. The lowest BCUT2D eigenvalue weighted by Gasteiger charge is -2.43. The van der Waals surface area contributed by atoms with Crippen LogP contribution in [0.3, 0.4) is 0 Å². The molecule has 0 aromatic heterocycles. The van der Waals surface area contributed by atoms with Crippen LogP contribution in [-0.2, 0) is 0 Å². The lowest BCUT2D eigenvalue weighted by molar-refractivity contribution is 0.0927. The third kappa shape index (κ3) is 3.74. The average Bonchev–Trinajstić information content (AvgIpc) is 2.12. The Balaban J connectivity index is 2.49. The van der Waals surface area contributed by atoms with E-state index in [0.717, 1.165) is 17.8 Å². The Morgan fingerprint density at radius 1 is 1.25 bits per heavy atom. The van der Waals surface area contributed by atoms with Crippen LogP contribution in [0, 0.1) is 17.8 Å². The van der Waals surface area contributed by atoms with E-state index in [1.165, 1.54) is 25.8 Å². The van der Waals surface area contributed by atoms with Gasteiger partial charge < -0.3 is 10.6 Å². The maximum atomic E-state index is 6.33. The normalized spacial score (nSPS) is 36.0. The van der Waals surface area contributed by atoms with Crippen LogP contribution < -0.4 is 5.73 Å². The minimum absolute atomic E-state index is 0.371. The van der Waals surface area contributed by atoms with Gasteiger partial charge in [0, 0.05) is 12.1 Å². The number of likely N-dealkylation sites (N-methyl/N-ethyl adjacent to an activating group) is 1. The molecule has 0 aliphatic heterocycles. The standard InChI is InChI=1S/C14H30N2/c1-10(2)6-7-16(5)14-12(4)8-11(3)9-13(14)15/h10-14H,6-9,15H2,1-5H3. The molecular weight excluding hydrogens is 196 g/mol. The molecule has 0 spiro atoms. The number of hydrogen-bond acceptors (Lipinski definition) is 2. The van der Waals surface area contributed by atoms with Gasteiger partial charge in [-0.15, -0.1) is 0 Å². The van der Waals surface area contributed by atoms with Crippen molar-refractivity contribution in [3.8, 4) is 0 Å². The molecule has 0 bridgehead atoms. The van der Waals surface area contributed by atoms with Gasteiger partial charge in [-0.1, -0.05) is 27.7 Å². The van der Waals surface area contributed by atoms with E-state index >= 15 is 0 Å². The van der Waals surface area contributed by atoms with Crippen molar-refractivity contribution >= 4 is 0 Å². The highest BCUT2D eigenvalue weighted by molar-refractivity contribution is 4.91. The van der Waals surface area contributed by atoms with E-state index in [1.54, 1.807) is 0 Å². The van der Waals surface area contributed by atoms with Crippen LogP contribution >= 0.6 is 0 Å². The first-order valence-corrected chi connectivity index (χ1v) is 6.87. The highest BCUT2D eigenvalue weighted by Crippen LogP contribution is 2.31. The molecule has 1 fully saturated rings. The molecule has 4 unspecified atom stereocenters. The monoisotopic (exact) mass is 226 g/mol. The van der Waals surface area contributed by atoms with Gasteiger partial charge in [0.1, 0.15) is 0 Å². The molecule has 0 aromatic rings. The van der Waals surface area contributed by atoms with E-state index in [2.05, 4.69) is 39.6 Å². The summed E-state index contributed by atoms with van der Waals surface area (Å²) in [7, 11) is 2.25. The predicted octanol–water partition coefficient (Wildman–Crippen LogP) is 2.73. The number of hydrogen-bond donors (Lipinski definition) is 1. The molecule has 0 saturated heterocycles. The Bertz CT molecular complexity index is 191. The van der Waals surface area contributed by atoms with Gasteiger partial charge in [-0.3, -0.25) is 0 Å². The van der Waals surface area contributed by atoms with E-state index in [1.807, 2.05) is 0 Å². The van der Waals surface area contributed by atoms with Gasteiger partial charge in [0.15, 0.2) is 0 Å². The summed E-state index contributed by atoms with van der Waals surface area (Å²) in [5.41, 5.74) is 6.33. The van der Waals surface area contributed by atoms with Crippen molar-refractivity contribution in [3.05, 3.63) is 0 Å². The number of rotatable bonds is 4.